The molecule has 0 aliphatic heterocycles. The summed E-state index contributed by atoms with van der Waals surface area (Å²) in [5.74, 6) is 0.111. The summed E-state index contributed by atoms with van der Waals surface area (Å²) in [5.41, 5.74) is 0.189. The Hall–Kier alpha value is -1.65. The molecule has 86 valence electrons. The number of nitrogens with zero attached hydrogens (tertiary/aromatic N) is 2. The molecular formula is C11H15N3O2. The van der Waals surface area contributed by atoms with Gasteiger partial charge in [-0.2, -0.15) is 5.10 Å². The van der Waals surface area contributed by atoms with Gasteiger partial charge < -0.3 is 10.4 Å². The van der Waals surface area contributed by atoms with Crippen molar-refractivity contribution in [3.63, 3.8) is 0 Å². The highest BCUT2D eigenvalue weighted by molar-refractivity contribution is 5.92. The van der Waals surface area contributed by atoms with Crippen LogP contribution in [-0.2, 0) is 0 Å². The van der Waals surface area contributed by atoms with Crippen molar-refractivity contribution in [1.29, 1.82) is 0 Å². The Kier molecular flexibility index (Phi) is 3.03. The van der Waals surface area contributed by atoms with Gasteiger partial charge in [0.05, 0.1) is 6.20 Å². The molecule has 1 fully saturated rings. The molecule has 0 saturated heterocycles. The zero-order valence-corrected chi connectivity index (χ0v) is 9.18. The van der Waals surface area contributed by atoms with Gasteiger partial charge in [0.25, 0.3) is 0 Å². The molecule has 16 heavy (non-hydrogen) atoms. The van der Waals surface area contributed by atoms with Crippen molar-refractivity contribution in [3.8, 4) is 0 Å². The molecule has 5 heteroatoms. The summed E-state index contributed by atoms with van der Waals surface area (Å²) in [4.78, 5) is 11.0. The SMILES string of the molecule is CC1CCC(Nc2nnccc2C(=O)O)C1. The van der Waals surface area contributed by atoms with Gasteiger partial charge in [-0.15, -0.1) is 5.10 Å². The summed E-state index contributed by atoms with van der Waals surface area (Å²) in [7, 11) is 0. The highest BCUT2D eigenvalue weighted by atomic mass is 16.4. The molecule has 0 radical (unpaired) electrons. The lowest BCUT2D eigenvalue weighted by molar-refractivity contribution is 0.0697. The number of rotatable bonds is 3. The van der Waals surface area contributed by atoms with Crippen molar-refractivity contribution < 1.29 is 9.90 Å². The second-order valence-electron chi connectivity index (χ2n) is 4.36. The van der Waals surface area contributed by atoms with Crippen LogP contribution in [0.3, 0.4) is 0 Å². The first-order valence-electron chi connectivity index (χ1n) is 5.48. The van der Waals surface area contributed by atoms with Crippen molar-refractivity contribution in [3.05, 3.63) is 17.8 Å². The van der Waals surface area contributed by atoms with E-state index in [1.165, 1.54) is 18.7 Å². The smallest absolute Gasteiger partial charge is 0.339 e. The zero-order valence-electron chi connectivity index (χ0n) is 9.18. The van der Waals surface area contributed by atoms with Crippen LogP contribution in [-0.4, -0.2) is 27.3 Å². The van der Waals surface area contributed by atoms with Crippen LogP contribution < -0.4 is 5.32 Å². The fraction of sp³-hybridized carbons (Fsp3) is 0.545. The third kappa shape index (κ3) is 2.29. The van der Waals surface area contributed by atoms with E-state index in [9.17, 15) is 4.79 Å². The van der Waals surface area contributed by atoms with Crippen LogP contribution in [0.4, 0.5) is 5.82 Å². The first kappa shape index (κ1) is 10.9. The summed E-state index contributed by atoms with van der Waals surface area (Å²) in [6.07, 6.45) is 4.71. The fourth-order valence-electron chi connectivity index (χ4n) is 2.14. The molecule has 0 aromatic carbocycles. The summed E-state index contributed by atoms with van der Waals surface area (Å²) in [6, 6.07) is 1.79. The molecule has 2 N–H and O–H groups in total. The van der Waals surface area contributed by atoms with Crippen molar-refractivity contribution in [2.75, 3.05) is 5.32 Å². The van der Waals surface area contributed by atoms with Gasteiger partial charge in [0, 0.05) is 6.04 Å². The van der Waals surface area contributed by atoms with Crippen LogP contribution >= 0.6 is 0 Å². The fourth-order valence-corrected chi connectivity index (χ4v) is 2.14. The minimum Gasteiger partial charge on any atom is -0.478 e. The molecule has 2 unspecified atom stereocenters. The van der Waals surface area contributed by atoms with Crippen LogP contribution in [0.1, 0.15) is 36.5 Å². The lowest BCUT2D eigenvalue weighted by Gasteiger charge is -2.13. The van der Waals surface area contributed by atoms with Crippen LogP contribution in [0.5, 0.6) is 0 Å². The van der Waals surface area contributed by atoms with Crippen molar-refractivity contribution in [2.45, 2.75) is 32.2 Å². The Morgan fingerprint density at radius 1 is 1.56 bits per heavy atom. The molecule has 1 heterocycles. The Labute approximate surface area is 93.9 Å². The van der Waals surface area contributed by atoms with Gasteiger partial charge in [0.2, 0.25) is 0 Å². The first-order chi connectivity index (χ1) is 7.66. The summed E-state index contributed by atoms with van der Waals surface area (Å²) >= 11 is 0. The second kappa shape index (κ2) is 4.47. The topological polar surface area (TPSA) is 75.1 Å². The first-order valence-corrected chi connectivity index (χ1v) is 5.48. The molecule has 1 saturated carbocycles. The molecule has 0 spiro atoms. The van der Waals surface area contributed by atoms with E-state index in [4.69, 9.17) is 5.11 Å². The molecule has 2 atom stereocenters. The quantitative estimate of drug-likeness (QED) is 0.813. The number of hydrogen-bond acceptors (Lipinski definition) is 4. The van der Waals surface area contributed by atoms with Gasteiger partial charge >= 0.3 is 5.97 Å². The minimum absolute atomic E-state index is 0.189. The number of aromatic nitrogens is 2. The molecule has 1 aromatic heterocycles. The van der Waals surface area contributed by atoms with Gasteiger partial charge in [-0.1, -0.05) is 6.92 Å². The molecule has 5 nitrogen and oxygen atoms in total. The van der Waals surface area contributed by atoms with Crippen LogP contribution in [0.25, 0.3) is 0 Å². The maximum atomic E-state index is 11.0. The molecule has 2 rings (SSSR count). The molecule has 1 aliphatic carbocycles. The number of carbonyl (C=O) groups is 1. The van der Waals surface area contributed by atoms with Gasteiger partial charge in [0.1, 0.15) is 5.56 Å². The number of nitrogens with one attached hydrogen (secondary N) is 1. The van der Waals surface area contributed by atoms with E-state index in [1.54, 1.807) is 0 Å². The predicted molar refractivity (Wildman–Crippen MR) is 59.4 cm³/mol. The van der Waals surface area contributed by atoms with Crippen molar-refractivity contribution >= 4 is 11.8 Å². The molecule has 0 bridgehead atoms. The summed E-state index contributed by atoms with van der Waals surface area (Å²) < 4.78 is 0. The highest BCUT2D eigenvalue weighted by Gasteiger charge is 2.23. The average Bonchev–Trinajstić information content (AvgIpc) is 2.64. The normalized spacial score (nSPS) is 24.3. The number of aromatic carboxylic acids is 1. The van der Waals surface area contributed by atoms with Crippen molar-refractivity contribution in [1.82, 2.24) is 10.2 Å². The van der Waals surface area contributed by atoms with E-state index >= 15 is 0 Å². The second-order valence-corrected chi connectivity index (χ2v) is 4.36. The van der Waals surface area contributed by atoms with E-state index in [2.05, 4.69) is 22.4 Å². The van der Waals surface area contributed by atoms with E-state index < -0.39 is 5.97 Å². The third-order valence-corrected chi connectivity index (χ3v) is 2.99. The van der Waals surface area contributed by atoms with E-state index in [0.29, 0.717) is 17.8 Å². The van der Waals surface area contributed by atoms with Gasteiger partial charge in [0.15, 0.2) is 5.82 Å². The van der Waals surface area contributed by atoms with Crippen LogP contribution in [0, 0.1) is 5.92 Å². The standard InChI is InChI=1S/C11H15N3O2/c1-7-2-3-8(6-7)13-10-9(11(15)16)4-5-12-14-10/h4-5,7-8H,2-3,6H2,1H3,(H,13,14)(H,15,16). The number of anilines is 1. The van der Waals surface area contributed by atoms with E-state index in [1.807, 2.05) is 0 Å². The highest BCUT2D eigenvalue weighted by Crippen LogP contribution is 2.27. The van der Waals surface area contributed by atoms with E-state index in [-0.39, 0.29) is 5.56 Å². The molecule has 1 aromatic rings. The average molecular weight is 221 g/mol. The maximum Gasteiger partial charge on any atom is 0.339 e. The number of hydrogen-bond donors (Lipinski definition) is 2. The third-order valence-electron chi connectivity index (χ3n) is 2.99. The Morgan fingerprint density at radius 2 is 2.38 bits per heavy atom. The van der Waals surface area contributed by atoms with Gasteiger partial charge in [-0.25, -0.2) is 4.79 Å². The largest absolute Gasteiger partial charge is 0.478 e. The molecular weight excluding hydrogens is 206 g/mol. The molecule has 0 amide bonds. The minimum atomic E-state index is -0.969. The monoisotopic (exact) mass is 221 g/mol. The number of carboxylic acid groups (broad SMARTS) is 1. The summed E-state index contributed by atoms with van der Waals surface area (Å²) in [5, 5.41) is 19.7. The van der Waals surface area contributed by atoms with Gasteiger partial charge in [-0.05, 0) is 31.2 Å². The van der Waals surface area contributed by atoms with Crippen LogP contribution in [0.2, 0.25) is 0 Å². The Balaban J connectivity index is 2.12. The lowest BCUT2D eigenvalue weighted by Crippen LogP contribution is -2.19. The zero-order chi connectivity index (χ0) is 11.5. The predicted octanol–water partition coefficient (Wildman–Crippen LogP) is 1.78. The van der Waals surface area contributed by atoms with Gasteiger partial charge in [-0.3, -0.25) is 0 Å². The number of carboxylic acids is 1. The lowest BCUT2D eigenvalue weighted by atomic mass is 10.1. The van der Waals surface area contributed by atoms with Crippen LogP contribution in [0.15, 0.2) is 12.3 Å². The maximum absolute atomic E-state index is 11.0. The molecule has 1 aliphatic rings. The summed E-state index contributed by atoms with van der Waals surface area (Å²) in [6.45, 7) is 2.20. The Bertz CT molecular complexity index is 395. The van der Waals surface area contributed by atoms with Crippen molar-refractivity contribution in [2.24, 2.45) is 5.92 Å². The Morgan fingerprint density at radius 3 is 3.00 bits per heavy atom. The van der Waals surface area contributed by atoms with E-state index in [0.717, 1.165) is 12.8 Å².